The summed E-state index contributed by atoms with van der Waals surface area (Å²) in [4.78, 5) is 23.8. The lowest BCUT2D eigenvalue weighted by molar-refractivity contribution is 0.0697. The normalized spacial score (nSPS) is 19.1. The van der Waals surface area contributed by atoms with Crippen molar-refractivity contribution in [3.8, 4) is 0 Å². The molecule has 1 heterocycles. The van der Waals surface area contributed by atoms with Crippen LogP contribution in [0.4, 0.5) is 5.00 Å². The van der Waals surface area contributed by atoms with Crippen LogP contribution in [-0.4, -0.2) is 16.9 Å². The maximum absolute atomic E-state index is 12.0. The lowest BCUT2D eigenvalue weighted by Crippen LogP contribution is -2.21. The number of aromatic carboxylic acids is 1. The summed E-state index contributed by atoms with van der Waals surface area (Å²) in [5.74, 6) is -0.222. The molecule has 0 saturated heterocycles. The minimum atomic E-state index is -1.03. The highest BCUT2D eigenvalue weighted by Crippen LogP contribution is 2.39. The summed E-state index contributed by atoms with van der Waals surface area (Å²) in [6.45, 7) is 4.22. The van der Waals surface area contributed by atoms with Gasteiger partial charge >= 0.3 is 5.97 Å². The van der Waals surface area contributed by atoms with Crippen molar-refractivity contribution in [1.29, 1.82) is 0 Å². The molecule has 1 aromatic rings. The van der Waals surface area contributed by atoms with E-state index in [4.69, 9.17) is 5.73 Å². The quantitative estimate of drug-likeness (QED) is 0.882. The second kappa shape index (κ2) is 4.72. The maximum atomic E-state index is 12.0. The Hall–Kier alpha value is -1.36. The molecule has 1 aliphatic rings. The number of Topliss-reactive ketones (excluding diaryl/α,β-unsaturated/α-hetero) is 1. The van der Waals surface area contributed by atoms with Crippen molar-refractivity contribution >= 4 is 28.1 Å². The number of ketones is 1. The minimum absolute atomic E-state index is 0.0473. The number of fused-ring (bicyclic) bond motifs is 1. The highest BCUT2D eigenvalue weighted by atomic mass is 32.1. The predicted molar refractivity (Wildman–Crippen MR) is 71.3 cm³/mol. The van der Waals surface area contributed by atoms with E-state index in [1.54, 1.807) is 0 Å². The smallest absolute Gasteiger partial charge is 0.338 e. The minimum Gasteiger partial charge on any atom is -0.478 e. The zero-order chi connectivity index (χ0) is 13.4. The molecule has 0 radical (unpaired) electrons. The summed E-state index contributed by atoms with van der Waals surface area (Å²) < 4.78 is 0. The van der Waals surface area contributed by atoms with Crippen molar-refractivity contribution in [3.63, 3.8) is 0 Å². The zero-order valence-corrected chi connectivity index (χ0v) is 11.3. The van der Waals surface area contributed by atoms with Crippen LogP contribution in [0.25, 0.3) is 0 Å². The predicted octanol–water partition coefficient (Wildman–Crippen LogP) is 2.82. The van der Waals surface area contributed by atoms with Crippen molar-refractivity contribution in [1.82, 2.24) is 0 Å². The third kappa shape index (κ3) is 2.27. The molecule has 0 bridgehead atoms. The van der Waals surface area contributed by atoms with Crippen LogP contribution >= 0.6 is 11.3 Å². The first-order valence-electron chi connectivity index (χ1n) is 6.07. The van der Waals surface area contributed by atoms with Gasteiger partial charge in [-0.1, -0.05) is 13.8 Å². The van der Waals surface area contributed by atoms with Gasteiger partial charge in [-0.05, 0) is 30.2 Å². The molecular formula is C13H17NO3S. The highest BCUT2D eigenvalue weighted by Gasteiger charge is 2.32. The fraction of sp³-hybridized carbons (Fsp3) is 0.538. The standard InChI is InChI=1S/C13H17NO3S/c1-6(2)3-7-4-8-10(13(16)17)12(14)18-11(8)9(15)5-7/h6-7H,3-5,14H2,1-2H3,(H,16,17). The Labute approximate surface area is 110 Å². The first-order valence-corrected chi connectivity index (χ1v) is 6.89. The monoisotopic (exact) mass is 267 g/mol. The van der Waals surface area contributed by atoms with Gasteiger partial charge in [0.25, 0.3) is 0 Å². The van der Waals surface area contributed by atoms with Gasteiger partial charge < -0.3 is 10.8 Å². The van der Waals surface area contributed by atoms with Crippen LogP contribution in [0, 0.1) is 11.8 Å². The second-order valence-corrected chi connectivity index (χ2v) is 6.33. The van der Waals surface area contributed by atoms with Gasteiger partial charge in [-0.3, -0.25) is 4.79 Å². The summed E-state index contributed by atoms with van der Waals surface area (Å²) >= 11 is 1.12. The van der Waals surface area contributed by atoms with Gasteiger partial charge in [0.05, 0.1) is 10.4 Å². The SMILES string of the molecule is CC(C)CC1CC(=O)c2sc(N)c(C(=O)O)c2C1. The van der Waals surface area contributed by atoms with Crippen LogP contribution in [0.2, 0.25) is 0 Å². The molecule has 4 nitrogen and oxygen atoms in total. The van der Waals surface area contributed by atoms with Crippen molar-refractivity contribution in [2.45, 2.75) is 33.1 Å². The lowest BCUT2D eigenvalue weighted by Gasteiger charge is -2.23. The molecule has 0 aliphatic heterocycles. The Morgan fingerprint density at radius 3 is 2.72 bits per heavy atom. The van der Waals surface area contributed by atoms with Crippen molar-refractivity contribution < 1.29 is 14.7 Å². The van der Waals surface area contributed by atoms with Gasteiger partial charge in [-0.2, -0.15) is 0 Å². The van der Waals surface area contributed by atoms with E-state index >= 15 is 0 Å². The molecule has 3 N–H and O–H groups in total. The number of carbonyl (C=O) groups is 2. The Morgan fingerprint density at radius 2 is 2.17 bits per heavy atom. The molecule has 1 aromatic heterocycles. The number of rotatable bonds is 3. The number of nitrogen functional groups attached to an aromatic ring is 1. The number of thiophene rings is 1. The number of nitrogens with two attached hydrogens (primary N) is 1. The van der Waals surface area contributed by atoms with Crippen molar-refractivity contribution in [2.24, 2.45) is 11.8 Å². The van der Waals surface area contributed by atoms with Crippen LogP contribution in [0.15, 0.2) is 0 Å². The van der Waals surface area contributed by atoms with Crippen LogP contribution < -0.4 is 5.73 Å². The lowest BCUT2D eigenvalue weighted by atomic mass is 9.81. The molecule has 1 unspecified atom stereocenters. The van der Waals surface area contributed by atoms with E-state index in [1.165, 1.54) is 0 Å². The third-order valence-electron chi connectivity index (χ3n) is 3.27. The molecule has 0 fully saturated rings. The van der Waals surface area contributed by atoms with E-state index in [1.807, 2.05) is 0 Å². The van der Waals surface area contributed by atoms with Gasteiger partial charge in [-0.15, -0.1) is 11.3 Å². The fourth-order valence-corrected chi connectivity index (χ4v) is 3.73. The summed E-state index contributed by atoms with van der Waals surface area (Å²) in [6.07, 6.45) is 2.12. The van der Waals surface area contributed by atoms with Crippen LogP contribution in [0.5, 0.6) is 0 Å². The average molecular weight is 267 g/mol. The molecule has 18 heavy (non-hydrogen) atoms. The van der Waals surface area contributed by atoms with Crippen LogP contribution in [0.3, 0.4) is 0 Å². The van der Waals surface area contributed by atoms with E-state index < -0.39 is 5.97 Å². The average Bonchev–Trinajstić information content (AvgIpc) is 2.53. The van der Waals surface area contributed by atoms with Gasteiger partial charge in [0, 0.05) is 6.42 Å². The summed E-state index contributed by atoms with van der Waals surface area (Å²) in [6, 6.07) is 0. The molecule has 2 rings (SSSR count). The van der Waals surface area contributed by atoms with E-state index in [0.29, 0.717) is 29.2 Å². The van der Waals surface area contributed by atoms with Gasteiger partial charge in [-0.25, -0.2) is 4.79 Å². The topological polar surface area (TPSA) is 80.4 Å². The number of carboxylic acids is 1. The molecule has 98 valence electrons. The maximum Gasteiger partial charge on any atom is 0.338 e. The summed E-state index contributed by atoms with van der Waals surface area (Å²) in [5, 5.41) is 9.44. The van der Waals surface area contributed by atoms with Gasteiger partial charge in [0.15, 0.2) is 5.78 Å². The molecule has 5 heteroatoms. The van der Waals surface area contributed by atoms with Crippen molar-refractivity contribution in [3.05, 3.63) is 16.0 Å². The van der Waals surface area contributed by atoms with Crippen molar-refractivity contribution in [2.75, 3.05) is 5.73 Å². The van der Waals surface area contributed by atoms with Crippen LogP contribution in [0.1, 0.15) is 52.3 Å². The number of carbonyl (C=O) groups excluding carboxylic acids is 1. The van der Waals surface area contributed by atoms with Gasteiger partial charge in [0.2, 0.25) is 0 Å². The molecule has 1 aliphatic carbocycles. The largest absolute Gasteiger partial charge is 0.478 e. The number of hydrogen-bond acceptors (Lipinski definition) is 4. The Kier molecular flexibility index (Phi) is 3.43. The third-order valence-corrected chi connectivity index (χ3v) is 4.38. The first-order chi connectivity index (χ1) is 8.40. The van der Waals surface area contributed by atoms with E-state index in [2.05, 4.69) is 13.8 Å². The molecule has 1 atom stereocenters. The molecular weight excluding hydrogens is 250 g/mol. The Balaban J connectivity index is 2.38. The number of anilines is 1. The molecule has 0 spiro atoms. The fourth-order valence-electron chi connectivity index (χ4n) is 2.69. The summed E-state index contributed by atoms with van der Waals surface area (Å²) in [5.41, 5.74) is 6.53. The van der Waals surface area contributed by atoms with E-state index in [9.17, 15) is 14.7 Å². The summed E-state index contributed by atoms with van der Waals surface area (Å²) in [7, 11) is 0. The molecule has 0 aromatic carbocycles. The zero-order valence-electron chi connectivity index (χ0n) is 10.5. The first kappa shape index (κ1) is 13.1. The highest BCUT2D eigenvalue weighted by molar-refractivity contribution is 7.18. The number of hydrogen-bond donors (Lipinski definition) is 2. The van der Waals surface area contributed by atoms with E-state index in [0.717, 1.165) is 17.8 Å². The Morgan fingerprint density at radius 1 is 1.50 bits per heavy atom. The second-order valence-electron chi connectivity index (χ2n) is 5.28. The van der Waals surface area contributed by atoms with Gasteiger partial charge in [0.1, 0.15) is 5.00 Å². The number of carboxylic acid groups (broad SMARTS) is 1. The van der Waals surface area contributed by atoms with Crippen LogP contribution in [-0.2, 0) is 6.42 Å². The molecule has 0 saturated carbocycles. The van der Waals surface area contributed by atoms with E-state index in [-0.39, 0.29) is 22.3 Å². The Bertz CT molecular complexity index is 505. The molecule has 0 amide bonds.